The topological polar surface area (TPSA) is 17.8 Å². The van der Waals surface area contributed by atoms with E-state index >= 15 is 0 Å². The van der Waals surface area contributed by atoms with E-state index in [2.05, 4.69) is 41.4 Å². The van der Waals surface area contributed by atoms with Gasteiger partial charge in [-0.05, 0) is 25.0 Å². The maximum Gasteiger partial charge on any atom is 0.0945 e. The van der Waals surface area contributed by atoms with Crippen LogP contribution in [0.1, 0.15) is 84.5 Å². The molecular weight excluding hydrogens is 288 g/mol. The van der Waals surface area contributed by atoms with Crippen LogP contribution in [0.5, 0.6) is 0 Å². The number of rotatable bonds is 15. The van der Waals surface area contributed by atoms with Crippen molar-refractivity contribution in [3.05, 3.63) is 18.7 Å². The van der Waals surface area contributed by atoms with Gasteiger partial charge in [-0.1, -0.05) is 65.2 Å². The molecule has 0 aliphatic heterocycles. The van der Waals surface area contributed by atoms with Crippen LogP contribution in [0.15, 0.2) is 18.7 Å². The highest BCUT2D eigenvalue weighted by molar-refractivity contribution is 7.99. The molecule has 1 heterocycles. The fourth-order valence-electron chi connectivity index (χ4n) is 2.96. The fourth-order valence-corrected chi connectivity index (χ4v) is 4.10. The third kappa shape index (κ3) is 10.3. The van der Waals surface area contributed by atoms with E-state index in [0.29, 0.717) is 0 Å². The fraction of sp³-hybridized carbons (Fsp3) is 0.842. The molecule has 2 nitrogen and oxygen atoms in total. The van der Waals surface area contributed by atoms with Crippen LogP contribution in [-0.2, 0) is 6.54 Å². The average molecular weight is 325 g/mol. The van der Waals surface area contributed by atoms with E-state index in [1.165, 1.54) is 76.4 Å². The highest BCUT2D eigenvalue weighted by Gasteiger charge is 2.07. The minimum Gasteiger partial charge on any atom is -0.337 e. The smallest absolute Gasteiger partial charge is 0.0945 e. The van der Waals surface area contributed by atoms with Crippen LogP contribution in [0.4, 0.5) is 0 Å². The van der Waals surface area contributed by atoms with Gasteiger partial charge in [-0.2, -0.15) is 11.8 Å². The molecule has 0 amide bonds. The first-order chi connectivity index (χ1) is 10.9. The van der Waals surface area contributed by atoms with E-state index in [1.807, 2.05) is 12.5 Å². The van der Waals surface area contributed by atoms with Crippen molar-refractivity contribution in [1.82, 2.24) is 9.55 Å². The molecule has 0 saturated heterocycles. The van der Waals surface area contributed by atoms with Crippen molar-refractivity contribution in [2.75, 3.05) is 5.75 Å². The largest absolute Gasteiger partial charge is 0.337 e. The number of unbranched alkanes of at least 4 members (excludes halogenated alkanes) is 7. The Balaban J connectivity index is 1.91. The van der Waals surface area contributed by atoms with Gasteiger partial charge in [-0.25, -0.2) is 4.98 Å². The lowest BCUT2D eigenvalue weighted by molar-refractivity contribution is 0.533. The third-order valence-electron chi connectivity index (χ3n) is 4.28. The summed E-state index contributed by atoms with van der Waals surface area (Å²) in [5, 5.41) is 0.929. The Morgan fingerprint density at radius 2 is 1.59 bits per heavy atom. The zero-order valence-electron chi connectivity index (χ0n) is 14.8. The summed E-state index contributed by atoms with van der Waals surface area (Å²) in [6.45, 7) is 5.74. The van der Waals surface area contributed by atoms with E-state index in [-0.39, 0.29) is 0 Å². The third-order valence-corrected chi connectivity index (χ3v) is 5.56. The van der Waals surface area contributed by atoms with Gasteiger partial charge in [-0.15, -0.1) is 0 Å². The molecule has 1 unspecified atom stereocenters. The first kappa shape index (κ1) is 19.6. The molecule has 0 aliphatic carbocycles. The molecule has 0 bridgehead atoms. The van der Waals surface area contributed by atoms with Crippen molar-refractivity contribution >= 4 is 11.8 Å². The van der Waals surface area contributed by atoms with Crippen molar-refractivity contribution in [2.45, 2.75) is 96.3 Å². The molecule has 1 atom stereocenters. The molecule has 0 N–H and O–H groups in total. The number of hydrogen-bond acceptors (Lipinski definition) is 2. The summed E-state index contributed by atoms with van der Waals surface area (Å²) in [5.74, 6) is 1.28. The number of imidazole rings is 1. The lowest BCUT2D eigenvalue weighted by Gasteiger charge is -2.15. The summed E-state index contributed by atoms with van der Waals surface area (Å²) in [5.41, 5.74) is 0. The van der Waals surface area contributed by atoms with E-state index in [4.69, 9.17) is 0 Å². The maximum absolute atomic E-state index is 4.08. The van der Waals surface area contributed by atoms with Gasteiger partial charge in [-0.3, -0.25) is 0 Å². The van der Waals surface area contributed by atoms with Crippen LogP contribution in [0.25, 0.3) is 0 Å². The molecule has 0 aromatic carbocycles. The van der Waals surface area contributed by atoms with Crippen molar-refractivity contribution < 1.29 is 0 Å². The molecule has 22 heavy (non-hydrogen) atoms. The van der Waals surface area contributed by atoms with Gasteiger partial charge < -0.3 is 4.57 Å². The minimum absolute atomic E-state index is 0.929. The number of nitrogens with zero attached hydrogens (tertiary/aromatic N) is 2. The Bertz CT molecular complexity index is 324. The second kappa shape index (κ2) is 14.2. The predicted molar refractivity (Wildman–Crippen MR) is 101 cm³/mol. The van der Waals surface area contributed by atoms with Crippen molar-refractivity contribution in [1.29, 1.82) is 0 Å². The summed E-state index contributed by atoms with van der Waals surface area (Å²) in [6.07, 6.45) is 21.3. The summed E-state index contributed by atoms with van der Waals surface area (Å²) in [6, 6.07) is 0. The molecular formula is C19H36N2S. The highest BCUT2D eigenvalue weighted by atomic mass is 32.2. The molecule has 0 spiro atoms. The number of aromatic nitrogens is 2. The molecule has 3 heteroatoms. The summed E-state index contributed by atoms with van der Waals surface area (Å²) in [4.78, 5) is 4.08. The van der Waals surface area contributed by atoms with E-state index in [9.17, 15) is 0 Å². The zero-order valence-corrected chi connectivity index (χ0v) is 15.6. The maximum atomic E-state index is 4.08. The Morgan fingerprint density at radius 3 is 2.23 bits per heavy atom. The number of aryl methyl sites for hydroxylation is 1. The first-order valence-corrected chi connectivity index (χ1v) is 10.5. The standard InChI is InChI=1S/C19H36N2S/c1-3-5-10-13-19(22-4-2)14-11-8-6-7-9-12-16-21-17-15-20-18-21/h15,17-19H,3-14,16H2,1-2H3. The highest BCUT2D eigenvalue weighted by Crippen LogP contribution is 2.23. The predicted octanol–water partition coefficient (Wildman–Crippen LogP) is 6.32. The van der Waals surface area contributed by atoms with Gasteiger partial charge in [0, 0.05) is 24.2 Å². The van der Waals surface area contributed by atoms with Crippen LogP contribution in [0.3, 0.4) is 0 Å². The molecule has 0 aliphatic rings. The van der Waals surface area contributed by atoms with Crippen molar-refractivity contribution in [3.8, 4) is 0 Å². The molecule has 1 aromatic rings. The van der Waals surface area contributed by atoms with Gasteiger partial charge in [0.15, 0.2) is 0 Å². The van der Waals surface area contributed by atoms with E-state index in [1.54, 1.807) is 0 Å². The monoisotopic (exact) mass is 324 g/mol. The normalized spacial score (nSPS) is 12.6. The van der Waals surface area contributed by atoms with Crippen LogP contribution in [0.2, 0.25) is 0 Å². The van der Waals surface area contributed by atoms with E-state index < -0.39 is 0 Å². The second-order valence-electron chi connectivity index (χ2n) is 6.28. The molecule has 0 radical (unpaired) electrons. The quantitative estimate of drug-likeness (QED) is 0.351. The first-order valence-electron chi connectivity index (χ1n) is 9.44. The SMILES string of the molecule is CCCCCC(CCCCCCCCn1ccnc1)SCC. The minimum atomic E-state index is 0.929. The number of thioether (sulfide) groups is 1. The summed E-state index contributed by atoms with van der Waals surface area (Å²) < 4.78 is 2.18. The molecule has 1 aromatic heterocycles. The van der Waals surface area contributed by atoms with Gasteiger partial charge >= 0.3 is 0 Å². The van der Waals surface area contributed by atoms with Crippen molar-refractivity contribution in [3.63, 3.8) is 0 Å². The van der Waals surface area contributed by atoms with Crippen LogP contribution >= 0.6 is 11.8 Å². The summed E-state index contributed by atoms with van der Waals surface area (Å²) >= 11 is 2.19. The Kier molecular flexibility index (Phi) is 12.6. The van der Waals surface area contributed by atoms with E-state index in [0.717, 1.165) is 11.8 Å². The molecule has 0 saturated carbocycles. The lowest BCUT2D eigenvalue weighted by Crippen LogP contribution is -2.03. The summed E-state index contributed by atoms with van der Waals surface area (Å²) in [7, 11) is 0. The zero-order chi connectivity index (χ0) is 15.9. The van der Waals surface area contributed by atoms with Gasteiger partial charge in [0.05, 0.1) is 6.33 Å². The van der Waals surface area contributed by atoms with Gasteiger partial charge in [0.25, 0.3) is 0 Å². The average Bonchev–Trinajstić information content (AvgIpc) is 3.03. The Labute approximate surface area is 142 Å². The number of hydrogen-bond donors (Lipinski definition) is 0. The second-order valence-corrected chi connectivity index (χ2v) is 7.86. The molecule has 1 rings (SSSR count). The lowest BCUT2D eigenvalue weighted by atomic mass is 10.0. The molecule has 0 fully saturated rings. The van der Waals surface area contributed by atoms with Gasteiger partial charge in [0.1, 0.15) is 0 Å². The Morgan fingerprint density at radius 1 is 0.909 bits per heavy atom. The van der Waals surface area contributed by atoms with Crippen LogP contribution < -0.4 is 0 Å². The van der Waals surface area contributed by atoms with Crippen molar-refractivity contribution in [2.24, 2.45) is 0 Å². The van der Waals surface area contributed by atoms with Crippen LogP contribution in [0, 0.1) is 0 Å². The van der Waals surface area contributed by atoms with Crippen LogP contribution in [-0.4, -0.2) is 20.6 Å². The van der Waals surface area contributed by atoms with Gasteiger partial charge in [0.2, 0.25) is 0 Å². The molecule has 128 valence electrons. The Hall–Kier alpha value is -0.440.